The quantitative estimate of drug-likeness (QED) is 0.424. The van der Waals surface area contributed by atoms with Gasteiger partial charge in [-0.3, -0.25) is 0 Å². The number of sulfone groups is 1. The molecular formula is C20H22O4SSe. The van der Waals surface area contributed by atoms with Crippen LogP contribution in [0.5, 0.6) is 0 Å². The molecule has 0 radical (unpaired) electrons. The van der Waals surface area contributed by atoms with Crippen LogP contribution in [-0.2, 0) is 19.4 Å². The summed E-state index contributed by atoms with van der Waals surface area (Å²) in [6.45, 7) is 1.87. The molecule has 26 heavy (non-hydrogen) atoms. The van der Waals surface area contributed by atoms with Crippen molar-refractivity contribution < 1.29 is 17.9 Å². The molecule has 1 unspecified atom stereocenters. The second-order valence-electron chi connectivity index (χ2n) is 5.76. The Balaban J connectivity index is 1.70. The van der Waals surface area contributed by atoms with E-state index in [1.807, 2.05) is 37.3 Å². The molecule has 2 aromatic rings. The monoisotopic (exact) mass is 438 g/mol. The molecule has 0 aliphatic rings. The summed E-state index contributed by atoms with van der Waals surface area (Å²) < 4.78 is 30.9. The third-order valence-electron chi connectivity index (χ3n) is 3.58. The van der Waals surface area contributed by atoms with Crippen molar-refractivity contribution in [3.63, 3.8) is 0 Å². The molecule has 0 bridgehead atoms. The van der Waals surface area contributed by atoms with Crippen LogP contribution in [0.25, 0.3) is 0 Å². The van der Waals surface area contributed by atoms with Crippen LogP contribution in [0.1, 0.15) is 26.2 Å². The summed E-state index contributed by atoms with van der Waals surface area (Å²) in [4.78, 5) is 12.2. The number of ether oxygens (including phenoxy) is 1. The van der Waals surface area contributed by atoms with Crippen molar-refractivity contribution >= 4 is 33.9 Å². The summed E-state index contributed by atoms with van der Waals surface area (Å²) in [5, 5.41) is 1.07. The van der Waals surface area contributed by atoms with Gasteiger partial charge in [0.05, 0.1) is 0 Å². The average molecular weight is 437 g/mol. The van der Waals surface area contributed by atoms with E-state index in [1.54, 1.807) is 30.3 Å². The number of benzene rings is 2. The summed E-state index contributed by atoms with van der Waals surface area (Å²) >= 11 is -0.144. The van der Waals surface area contributed by atoms with Crippen molar-refractivity contribution in [2.75, 3.05) is 0 Å². The topological polar surface area (TPSA) is 60.4 Å². The Labute approximate surface area is 161 Å². The van der Waals surface area contributed by atoms with Crippen LogP contribution in [-0.4, -0.2) is 34.2 Å². The Morgan fingerprint density at radius 2 is 1.69 bits per heavy atom. The van der Waals surface area contributed by atoms with Gasteiger partial charge < -0.3 is 0 Å². The van der Waals surface area contributed by atoms with Crippen LogP contribution in [0, 0.1) is 0 Å². The van der Waals surface area contributed by atoms with Gasteiger partial charge in [-0.25, -0.2) is 0 Å². The fourth-order valence-corrected chi connectivity index (χ4v) is 4.79. The zero-order valence-electron chi connectivity index (χ0n) is 14.6. The molecule has 0 aliphatic carbocycles. The van der Waals surface area contributed by atoms with Crippen LogP contribution in [0.15, 0.2) is 77.2 Å². The first-order valence-corrected chi connectivity index (χ1v) is 11.6. The Bertz CT molecular complexity index is 817. The van der Waals surface area contributed by atoms with Crippen molar-refractivity contribution in [1.82, 2.24) is 0 Å². The van der Waals surface area contributed by atoms with E-state index in [9.17, 15) is 13.2 Å². The summed E-state index contributed by atoms with van der Waals surface area (Å²) in [5.74, 6) is 0. The number of hydrogen-bond donors (Lipinski definition) is 0. The molecule has 0 N–H and O–H groups in total. The zero-order chi connectivity index (χ0) is 18.8. The van der Waals surface area contributed by atoms with Crippen LogP contribution in [0.4, 0.5) is 0 Å². The first-order valence-electron chi connectivity index (χ1n) is 8.35. The van der Waals surface area contributed by atoms with Gasteiger partial charge in [-0.1, -0.05) is 6.07 Å². The van der Waals surface area contributed by atoms with E-state index in [0.717, 1.165) is 16.3 Å². The molecule has 2 aromatic carbocycles. The molecule has 0 saturated heterocycles. The van der Waals surface area contributed by atoms with Crippen molar-refractivity contribution in [2.45, 2.75) is 37.2 Å². The third kappa shape index (κ3) is 7.16. The summed E-state index contributed by atoms with van der Waals surface area (Å²) in [6.07, 6.45) is 3.03. The summed E-state index contributed by atoms with van der Waals surface area (Å²) in [7, 11) is -3.48. The molecular weight excluding hydrogens is 415 g/mol. The SMILES string of the molecule is CC(CCCC(=O)[Se]c1ccccc1)O/C=C/S(=O)(=O)c1ccccc1. The minimum absolute atomic E-state index is 0.144. The predicted molar refractivity (Wildman–Crippen MR) is 104 cm³/mol. The van der Waals surface area contributed by atoms with E-state index in [4.69, 9.17) is 4.74 Å². The van der Waals surface area contributed by atoms with Gasteiger partial charge >= 0.3 is 155 Å². The van der Waals surface area contributed by atoms with E-state index in [-0.39, 0.29) is 30.6 Å². The Morgan fingerprint density at radius 3 is 2.35 bits per heavy atom. The average Bonchev–Trinajstić information content (AvgIpc) is 2.63. The van der Waals surface area contributed by atoms with Gasteiger partial charge in [-0.05, 0) is 0 Å². The number of carbonyl (C=O) groups is 1. The van der Waals surface area contributed by atoms with Crippen molar-refractivity contribution in [1.29, 1.82) is 0 Å². The van der Waals surface area contributed by atoms with E-state index in [1.165, 1.54) is 6.26 Å². The Hall–Kier alpha value is -1.88. The van der Waals surface area contributed by atoms with E-state index in [0.29, 0.717) is 12.8 Å². The van der Waals surface area contributed by atoms with E-state index >= 15 is 0 Å². The maximum absolute atomic E-state index is 12.1. The van der Waals surface area contributed by atoms with Crippen LogP contribution in [0.2, 0.25) is 0 Å². The van der Waals surface area contributed by atoms with Crippen LogP contribution in [0.3, 0.4) is 0 Å². The molecule has 1 atom stereocenters. The molecule has 6 heteroatoms. The van der Waals surface area contributed by atoms with Crippen molar-refractivity contribution in [3.8, 4) is 0 Å². The summed E-state index contributed by atoms with van der Waals surface area (Å²) in [5.41, 5.74) is 0. The Kier molecular flexibility index (Phi) is 8.10. The minimum atomic E-state index is -3.48. The molecule has 0 fully saturated rings. The van der Waals surface area contributed by atoms with Crippen molar-refractivity contribution in [2.24, 2.45) is 0 Å². The number of hydrogen-bond acceptors (Lipinski definition) is 4. The van der Waals surface area contributed by atoms with E-state index in [2.05, 4.69) is 0 Å². The second-order valence-corrected chi connectivity index (χ2v) is 9.96. The third-order valence-corrected chi connectivity index (χ3v) is 6.95. The zero-order valence-corrected chi connectivity index (χ0v) is 17.1. The van der Waals surface area contributed by atoms with Gasteiger partial charge in [0.25, 0.3) is 0 Å². The van der Waals surface area contributed by atoms with Gasteiger partial charge in [-0.2, -0.15) is 0 Å². The maximum atomic E-state index is 12.1. The molecule has 0 spiro atoms. The molecule has 138 valence electrons. The first kappa shape index (κ1) is 20.4. The van der Waals surface area contributed by atoms with Crippen LogP contribution < -0.4 is 4.46 Å². The standard InChI is InChI=1S/C20H22O4SSe/c1-17(9-8-14-20(21)26-19-12-6-3-7-13-19)24-15-16-25(22,23)18-10-4-2-5-11-18/h2-7,10-13,15-17H,8-9,14H2,1H3/b16-15+. The van der Waals surface area contributed by atoms with Gasteiger partial charge in [0.1, 0.15) is 0 Å². The Morgan fingerprint density at radius 1 is 1.08 bits per heavy atom. The molecule has 0 amide bonds. The molecule has 0 aliphatic heterocycles. The normalized spacial score (nSPS) is 12.8. The number of carbonyl (C=O) groups excluding carboxylic acids is 1. The summed E-state index contributed by atoms with van der Waals surface area (Å²) in [6, 6.07) is 18.0. The molecule has 0 heterocycles. The fraction of sp³-hybridized carbons (Fsp3) is 0.250. The van der Waals surface area contributed by atoms with Gasteiger partial charge in [0, 0.05) is 0 Å². The van der Waals surface area contributed by atoms with Gasteiger partial charge in [-0.15, -0.1) is 0 Å². The van der Waals surface area contributed by atoms with E-state index < -0.39 is 9.84 Å². The first-order chi connectivity index (χ1) is 12.5. The van der Waals surface area contributed by atoms with Gasteiger partial charge in [0.2, 0.25) is 0 Å². The number of rotatable bonds is 10. The predicted octanol–water partition coefficient (Wildman–Crippen LogP) is 3.06. The molecule has 2 rings (SSSR count). The molecule has 0 saturated carbocycles. The molecule has 4 nitrogen and oxygen atoms in total. The van der Waals surface area contributed by atoms with Gasteiger partial charge in [0.15, 0.2) is 0 Å². The van der Waals surface area contributed by atoms with Crippen LogP contribution >= 0.6 is 0 Å². The molecule has 0 aromatic heterocycles. The second kappa shape index (κ2) is 10.3. The fourth-order valence-electron chi connectivity index (χ4n) is 2.20. The van der Waals surface area contributed by atoms with Crippen molar-refractivity contribution in [3.05, 3.63) is 72.3 Å².